The maximum Gasteiger partial charge on any atom is 0.222 e. The van der Waals surface area contributed by atoms with E-state index in [1.54, 1.807) is 0 Å². The number of piperidine rings is 1. The van der Waals surface area contributed by atoms with Gasteiger partial charge in [0.05, 0.1) is 17.3 Å². The first-order valence-corrected chi connectivity index (χ1v) is 11.1. The lowest BCUT2D eigenvalue weighted by Gasteiger charge is -2.43. The van der Waals surface area contributed by atoms with Crippen molar-refractivity contribution in [1.82, 2.24) is 14.7 Å². The van der Waals surface area contributed by atoms with Crippen LogP contribution in [0.15, 0.2) is 18.3 Å². The summed E-state index contributed by atoms with van der Waals surface area (Å²) in [5.74, 6) is 0.975. The van der Waals surface area contributed by atoms with E-state index in [2.05, 4.69) is 12.0 Å². The molecule has 0 radical (unpaired) electrons. The minimum Gasteiger partial charge on any atom is -0.386 e. The molecule has 0 spiro atoms. The summed E-state index contributed by atoms with van der Waals surface area (Å²) >= 11 is 6.26. The van der Waals surface area contributed by atoms with Gasteiger partial charge in [-0.3, -0.25) is 9.48 Å². The molecule has 2 aromatic rings. The highest BCUT2D eigenvalue weighted by molar-refractivity contribution is 6.31. The van der Waals surface area contributed by atoms with Gasteiger partial charge < -0.3 is 14.7 Å². The average molecular weight is 418 g/mol. The van der Waals surface area contributed by atoms with Gasteiger partial charge >= 0.3 is 0 Å². The molecule has 2 atom stereocenters. The Bertz CT molecular complexity index is 931. The van der Waals surface area contributed by atoms with Crippen molar-refractivity contribution in [2.75, 3.05) is 26.3 Å². The lowest BCUT2D eigenvalue weighted by atomic mass is 9.75. The van der Waals surface area contributed by atoms with Crippen molar-refractivity contribution >= 4 is 28.4 Å². The molecule has 0 aliphatic carbocycles. The SMILES string of the molecule is CC1(C2CCN(C(=O)CC3CCOCC3)CC2)[C@H](O)c2cc(Cl)cc3cnn1c23. The molecule has 2 saturated heterocycles. The maximum atomic E-state index is 12.8. The molecule has 1 aromatic carbocycles. The van der Waals surface area contributed by atoms with E-state index in [9.17, 15) is 9.90 Å². The number of aliphatic hydroxyl groups excluding tert-OH is 1. The van der Waals surface area contributed by atoms with Crippen molar-refractivity contribution in [3.63, 3.8) is 0 Å². The van der Waals surface area contributed by atoms with Gasteiger partial charge in [-0.15, -0.1) is 0 Å². The first kappa shape index (κ1) is 19.3. The van der Waals surface area contributed by atoms with Gasteiger partial charge in [-0.05, 0) is 56.6 Å². The van der Waals surface area contributed by atoms with E-state index in [-0.39, 0.29) is 11.8 Å². The largest absolute Gasteiger partial charge is 0.386 e. The first-order valence-electron chi connectivity index (χ1n) is 10.7. The van der Waals surface area contributed by atoms with Gasteiger partial charge in [-0.1, -0.05) is 11.6 Å². The molecule has 0 saturated carbocycles. The molecule has 2 fully saturated rings. The molecule has 0 bridgehead atoms. The number of carbonyl (C=O) groups is 1. The van der Waals surface area contributed by atoms with Crippen molar-refractivity contribution < 1.29 is 14.6 Å². The molecule has 5 rings (SSSR count). The van der Waals surface area contributed by atoms with Crippen molar-refractivity contribution in [2.45, 2.75) is 50.7 Å². The zero-order valence-corrected chi connectivity index (χ0v) is 17.6. The van der Waals surface area contributed by atoms with Crippen LogP contribution in [0.4, 0.5) is 0 Å². The maximum absolute atomic E-state index is 12.8. The molecular weight excluding hydrogens is 390 g/mol. The van der Waals surface area contributed by atoms with E-state index in [1.807, 2.05) is 27.9 Å². The van der Waals surface area contributed by atoms with Gasteiger partial charge in [0.25, 0.3) is 0 Å². The third-order valence-electron chi connectivity index (χ3n) is 7.44. The summed E-state index contributed by atoms with van der Waals surface area (Å²) in [4.78, 5) is 14.8. The number of amides is 1. The highest BCUT2D eigenvalue weighted by Crippen LogP contribution is 2.51. The van der Waals surface area contributed by atoms with Crippen molar-refractivity contribution in [2.24, 2.45) is 11.8 Å². The van der Waals surface area contributed by atoms with Crippen LogP contribution < -0.4 is 0 Å². The number of ether oxygens (including phenoxy) is 1. The zero-order chi connectivity index (χ0) is 20.2. The summed E-state index contributed by atoms with van der Waals surface area (Å²) in [5.41, 5.74) is 1.35. The number of likely N-dealkylation sites (tertiary alicyclic amines) is 1. The fourth-order valence-corrected chi connectivity index (χ4v) is 5.84. The van der Waals surface area contributed by atoms with Crippen molar-refractivity contribution in [1.29, 1.82) is 0 Å². The van der Waals surface area contributed by atoms with Crippen LogP contribution in [0.25, 0.3) is 10.9 Å². The van der Waals surface area contributed by atoms with Crippen LogP contribution in [-0.2, 0) is 15.1 Å². The zero-order valence-electron chi connectivity index (χ0n) is 16.8. The number of rotatable bonds is 3. The van der Waals surface area contributed by atoms with Crippen LogP contribution in [0.5, 0.6) is 0 Å². The summed E-state index contributed by atoms with van der Waals surface area (Å²) in [5, 5.41) is 17.5. The standard InChI is InChI=1S/C22H28ClN3O3/c1-22(21(28)18-12-17(23)11-15-13-24-26(22)20(15)18)16-2-6-25(7-3-16)19(27)10-14-4-8-29-9-5-14/h11-14,16,21,28H,2-10H2,1H3/t21-,22?/m1/s1. The Kier molecular flexibility index (Phi) is 4.84. The van der Waals surface area contributed by atoms with Crippen LogP contribution >= 0.6 is 11.6 Å². The van der Waals surface area contributed by atoms with Gasteiger partial charge in [0.1, 0.15) is 6.10 Å². The predicted molar refractivity (Wildman–Crippen MR) is 111 cm³/mol. The van der Waals surface area contributed by atoms with Crippen LogP contribution in [0.1, 0.15) is 50.7 Å². The Labute approximate surface area is 175 Å². The fraction of sp³-hybridized carbons (Fsp3) is 0.636. The molecule has 1 N–H and O–H groups in total. The lowest BCUT2D eigenvalue weighted by molar-refractivity contribution is -0.135. The number of benzene rings is 1. The number of nitrogens with zero attached hydrogens (tertiary/aromatic N) is 3. The molecule has 1 amide bonds. The first-order chi connectivity index (χ1) is 14.0. The number of aromatic nitrogens is 2. The molecule has 3 aliphatic heterocycles. The van der Waals surface area contributed by atoms with Crippen molar-refractivity contribution in [3.8, 4) is 0 Å². The molecule has 4 heterocycles. The molecule has 29 heavy (non-hydrogen) atoms. The Morgan fingerprint density at radius 1 is 1.28 bits per heavy atom. The highest BCUT2D eigenvalue weighted by Gasteiger charge is 2.50. The lowest BCUT2D eigenvalue weighted by Crippen LogP contribution is -2.48. The minimum absolute atomic E-state index is 0.249. The van der Waals surface area contributed by atoms with Crippen LogP contribution in [0.2, 0.25) is 5.02 Å². The summed E-state index contributed by atoms with van der Waals surface area (Å²) in [6, 6.07) is 3.77. The second-order valence-electron chi connectivity index (χ2n) is 9.03. The number of hydrogen-bond acceptors (Lipinski definition) is 4. The topological polar surface area (TPSA) is 67.6 Å². The Morgan fingerprint density at radius 3 is 2.72 bits per heavy atom. The van der Waals surface area contributed by atoms with Crippen LogP contribution in [0, 0.1) is 11.8 Å². The molecule has 7 heteroatoms. The molecule has 1 unspecified atom stereocenters. The quantitative estimate of drug-likeness (QED) is 0.829. The van der Waals surface area contributed by atoms with E-state index in [1.165, 1.54) is 0 Å². The average Bonchev–Trinajstić information content (AvgIpc) is 3.25. The summed E-state index contributed by atoms with van der Waals surface area (Å²) < 4.78 is 7.41. The Hall–Kier alpha value is -1.63. The number of carbonyl (C=O) groups excluding carboxylic acids is 1. The highest BCUT2D eigenvalue weighted by atomic mass is 35.5. The summed E-state index contributed by atoms with van der Waals surface area (Å²) in [7, 11) is 0. The molecular formula is C22H28ClN3O3. The molecule has 1 aromatic heterocycles. The van der Waals surface area contributed by atoms with Gasteiger partial charge in [-0.25, -0.2) is 0 Å². The van der Waals surface area contributed by atoms with E-state index in [0.29, 0.717) is 17.4 Å². The van der Waals surface area contributed by atoms with E-state index in [4.69, 9.17) is 16.3 Å². The second kappa shape index (κ2) is 7.25. The van der Waals surface area contributed by atoms with Crippen LogP contribution in [0.3, 0.4) is 0 Å². The third-order valence-corrected chi connectivity index (χ3v) is 7.66. The number of hydrogen-bond donors (Lipinski definition) is 1. The van der Waals surface area contributed by atoms with Gasteiger partial charge in [0.2, 0.25) is 5.91 Å². The summed E-state index contributed by atoms with van der Waals surface area (Å²) in [6.45, 7) is 5.15. The Balaban J connectivity index is 1.30. The van der Waals surface area contributed by atoms with Gasteiger partial charge in [0, 0.05) is 48.7 Å². The second-order valence-corrected chi connectivity index (χ2v) is 9.47. The number of halogens is 1. The third kappa shape index (κ3) is 3.07. The molecule has 156 valence electrons. The predicted octanol–water partition coefficient (Wildman–Crippen LogP) is 3.51. The summed E-state index contributed by atoms with van der Waals surface area (Å²) in [6.07, 6.45) is 5.55. The van der Waals surface area contributed by atoms with Crippen LogP contribution in [-0.4, -0.2) is 52.0 Å². The number of aliphatic hydroxyl groups is 1. The van der Waals surface area contributed by atoms with Crippen molar-refractivity contribution in [3.05, 3.63) is 28.9 Å². The van der Waals surface area contributed by atoms with Gasteiger partial charge in [0.15, 0.2) is 0 Å². The molecule has 6 nitrogen and oxygen atoms in total. The van der Waals surface area contributed by atoms with E-state index in [0.717, 1.165) is 68.5 Å². The smallest absolute Gasteiger partial charge is 0.222 e. The van der Waals surface area contributed by atoms with E-state index >= 15 is 0 Å². The minimum atomic E-state index is -0.637. The van der Waals surface area contributed by atoms with Gasteiger partial charge in [-0.2, -0.15) is 5.10 Å². The van der Waals surface area contributed by atoms with E-state index < -0.39 is 11.6 Å². The molecule has 3 aliphatic rings. The fourth-order valence-electron chi connectivity index (χ4n) is 5.60. The Morgan fingerprint density at radius 2 is 2.00 bits per heavy atom. The normalized spacial score (nSPS) is 28.4. The monoisotopic (exact) mass is 417 g/mol.